The molecule has 0 bridgehead atoms. The van der Waals surface area contributed by atoms with Crippen molar-refractivity contribution in [2.24, 2.45) is 23.7 Å². The molecule has 4 aromatic rings. The van der Waals surface area contributed by atoms with Crippen molar-refractivity contribution in [3.8, 4) is 11.5 Å². The second-order valence-corrected chi connectivity index (χ2v) is 14.4. The number of carboxylic acid groups (broad SMARTS) is 1. The minimum Gasteiger partial charge on any atom is -0.508 e. The van der Waals surface area contributed by atoms with E-state index in [0.29, 0.717) is 21.7 Å². The van der Waals surface area contributed by atoms with Crippen LogP contribution in [0.2, 0.25) is 10.0 Å². The first-order valence-electron chi connectivity index (χ1n) is 16.6. The molecular formula is C39H28Cl2FN3O8. The highest BCUT2D eigenvalue weighted by Crippen LogP contribution is 2.65. The number of benzene rings is 4. The minimum absolute atomic E-state index is 0.00954. The van der Waals surface area contributed by atoms with Gasteiger partial charge < -0.3 is 15.3 Å². The molecule has 14 heteroatoms. The lowest BCUT2D eigenvalue weighted by Crippen LogP contribution is -2.53. The molecule has 4 aromatic carbocycles. The average molecular weight is 757 g/mol. The van der Waals surface area contributed by atoms with Crippen LogP contribution in [0.4, 0.5) is 15.8 Å². The van der Waals surface area contributed by atoms with Gasteiger partial charge in [0.25, 0.3) is 11.8 Å². The van der Waals surface area contributed by atoms with Crippen LogP contribution in [0.25, 0.3) is 0 Å². The fraction of sp³-hybridized carbons (Fsp3) is 0.205. The first-order valence-corrected chi connectivity index (χ1v) is 17.4. The summed E-state index contributed by atoms with van der Waals surface area (Å²) in [6.07, 6.45) is 1.87. The Morgan fingerprint density at radius 1 is 0.849 bits per heavy atom. The third-order valence-electron chi connectivity index (χ3n) is 11.0. The summed E-state index contributed by atoms with van der Waals surface area (Å²) in [5, 5.41) is 31.6. The van der Waals surface area contributed by atoms with Crippen molar-refractivity contribution in [3.63, 3.8) is 0 Å². The first-order chi connectivity index (χ1) is 25.3. The van der Waals surface area contributed by atoms with Crippen molar-refractivity contribution in [1.29, 1.82) is 0 Å². The summed E-state index contributed by atoms with van der Waals surface area (Å²) in [7, 11) is 0. The number of aromatic carboxylic acids is 1. The normalized spacial score (nSPS) is 26.2. The van der Waals surface area contributed by atoms with Crippen LogP contribution in [0.1, 0.15) is 40.2 Å². The Morgan fingerprint density at radius 2 is 1.57 bits per heavy atom. The summed E-state index contributed by atoms with van der Waals surface area (Å²) in [5.41, 5.74) is 2.48. The van der Waals surface area contributed by atoms with Crippen LogP contribution >= 0.6 is 23.2 Å². The number of hydrazine groups is 1. The molecule has 3 fully saturated rings. The first kappa shape index (κ1) is 34.4. The van der Waals surface area contributed by atoms with Gasteiger partial charge in [-0.15, -0.1) is 0 Å². The molecule has 4 N–H and O–H groups in total. The van der Waals surface area contributed by atoms with Crippen LogP contribution in [-0.4, -0.2) is 49.9 Å². The molecule has 0 unspecified atom stereocenters. The van der Waals surface area contributed by atoms with Crippen LogP contribution < -0.4 is 10.3 Å². The van der Waals surface area contributed by atoms with Crippen LogP contribution in [0, 0.1) is 29.5 Å². The largest absolute Gasteiger partial charge is 0.508 e. The van der Waals surface area contributed by atoms with E-state index in [9.17, 15) is 38.9 Å². The van der Waals surface area contributed by atoms with Crippen LogP contribution in [0.3, 0.4) is 0 Å². The molecule has 11 nitrogen and oxygen atoms in total. The molecule has 268 valence electrons. The molecule has 0 radical (unpaired) electrons. The maximum Gasteiger partial charge on any atom is 0.339 e. The number of hydrogen-bond donors (Lipinski definition) is 4. The number of allylic oxidation sites excluding steroid dienone is 2. The van der Waals surface area contributed by atoms with E-state index >= 15 is 4.79 Å². The molecule has 1 saturated carbocycles. The van der Waals surface area contributed by atoms with Gasteiger partial charge in [0.1, 0.15) is 22.9 Å². The average Bonchev–Trinajstić information content (AvgIpc) is 3.50. The molecule has 53 heavy (non-hydrogen) atoms. The zero-order valence-corrected chi connectivity index (χ0v) is 28.9. The van der Waals surface area contributed by atoms with E-state index in [1.54, 1.807) is 30.3 Å². The number of fused-ring (bicyclic) bond motifs is 4. The maximum atomic E-state index is 15.2. The molecule has 4 amide bonds. The number of nitrogens with zero attached hydrogens (tertiary/aromatic N) is 2. The molecule has 2 aliphatic carbocycles. The number of halogens is 3. The zero-order chi connectivity index (χ0) is 37.5. The molecule has 2 aliphatic heterocycles. The number of rotatable bonds is 6. The predicted molar refractivity (Wildman–Crippen MR) is 190 cm³/mol. The fourth-order valence-electron chi connectivity index (χ4n) is 8.84. The second kappa shape index (κ2) is 12.5. The van der Waals surface area contributed by atoms with Crippen LogP contribution in [-0.2, 0) is 24.6 Å². The number of carbonyl (C=O) groups excluding carboxylic acids is 4. The van der Waals surface area contributed by atoms with E-state index in [1.807, 2.05) is 6.08 Å². The molecular weight excluding hydrogens is 728 g/mol. The quantitative estimate of drug-likeness (QED) is 0.128. The van der Waals surface area contributed by atoms with Gasteiger partial charge in [-0.25, -0.2) is 14.1 Å². The summed E-state index contributed by atoms with van der Waals surface area (Å²) in [5.74, 6) is -9.84. The Bertz CT molecular complexity index is 2300. The van der Waals surface area contributed by atoms with E-state index in [-0.39, 0.29) is 35.0 Å². The van der Waals surface area contributed by atoms with Gasteiger partial charge in [0, 0.05) is 22.0 Å². The Morgan fingerprint density at radius 3 is 2.23 bits per heavy atom. The Hall–Kier alpha value is -5.72. The minimum atomic E-state index is -1.67. The van der Waals surface area contributed by atoms with Crippen molar-refractivity contribution in [3.05, 3.63) is 129 Å². The highest BCUT2D eigenvalue weighted by Gasteiger charge is 2.70. The van der Waals surface area contributed by atoms with E-state index < -0.39 is 81.7 Å². The van der Waals surface area contributed by atoms with Crippen molar-refractivity contribution in [2.75, 3.05) is 10.3 Å². The van der Waals surface area contributed by atoms with E-state index in [1.165, 1.54) is 42.5 Å². The second-order valence-electron chi connectivity index (χ2n) is 13.6. The number of phenols is 2. The number of carbonyl (C=O) groups is 5. The van der Waals surface area contributed by atoms with Crippen molar-refractivity contribution >= 4 is 64.2 Å². The third kappa shape index (κ3) is 5.11. The third-order valence-corrected chi connectivity index (χ3v) is 11.6. The summed E-state index contributed by atoms with van der Waals surface area (Å²) in [6, 6.07) is 19.4. The Kier molecular flexibility index (Phi) is 8.08. The number of aromatic hydroxyl groups is 2. The van der Waals surface area contributed by atoms with Crippen LogP contribution in [0.15, 0.2) is 96.6 Å². The number of anilines is 2. The molecule has 2 heterocycles. The molecule has 4 aliphatic rings. The van der Waals surface area contributed by atoms with Crippen LogP contribution in [0.5, 0.6) is 11.5 Å². The van der Waals surface area contributed by atoms with Gasteiger partial charge in [0.2, 0.25) is 11.8 Å². The lowest BCUT2D eigenvalue weighted by molar-refractivity contribution is -0.138. The number of phenolic OH excluding ortho intramolecular Hbond substituents is 1. The molecule has 6 atom stereocenters. The maximum absolute atomic E-state index is 15.2. The fourth-order valence-corrected chi connectivity index (χ4v) is 9.25. The summed E-state index contributed by atoms with van der Waals surface area (Å²) in [4.78, 5) is 70.8. The monoisotopic (exact) mass is 755 g/mol. The number of carboxylic acids is 1. The van der Waals surface area contributed by atoms with Gasteiger partial charge in [0.15, 0.2) is 0 Å². The lowest BCUT2D eigenvalue weighted by atomic mass is 9.49. The number of imide groups is 2. The molecule has 0 spiro atoms. The Labute approximate surface area is 310 Å². The predicted octanol–water partition coefficient (Wildman–Crippen LogP) is 6.43. The van der Waals surface area contributed by atoms with Crippen molar-refractivity contribution < 1.29 is 43.7 Å². The molecule has 2 saturated heterocycles. The van der Waals surface area contributed by atoms with Crippen molar-refractivity contribution in [2.45, 2.75) is 24.2 Å². The van der Waals surface area contributed by atoms with Gasteiger partial charge in [-0.05, 0) is 90.6 Å². The van der Waals surface area contributed by atoms with E-state index in [4.69, 9.17) is 23.2 Å². The topological polar surface area (TPSA) is 165 Å². The van der Waals surface area contributed by atoms with Gasteiger partial charge in [-0.2, -0.15) is 5.01 Å². The SMILES string of the molecule is O=C(O)c1ccc(N2C(=O)[C@H]3[C@H](CC=C4[C@H]3C[C@H]3C(=O)N(Nc5ccc(F)cc5)C(=O)[C@@]3(c3ccc(Cl)cc3)[C@H]4c3ccc(O)cc3Cl)C2=O)cc1O. The highest BCUT2D eigenvalue weighted by atomic mass is 35.5. The zero-order valence-electron chi connectivity index (χ0n) is 27.4. The van der Waals surface area contributed by atoms with Gasteiger partial charge in [0.05, 0.1) is 34.5 Å². The lowest BCUT2D eigenvalue weighted by Gasteiger charge is -2.50. The van der Waals surface area contributed by atoms with Gasteiger partial charge in [-0.3, -0.25) is 24.6 Å². The Balaban J connectivity index is 1.31. The summed E-state index contributed by atoms with van der Waals surface area (Å²) < 4.78 is 13.8. The molecule has 0 aromatic heterocycles. The van der Waals surface area contributed by atoms with Crippen molar-refractivity contribution in [1.82, 2.24) is 5.01 Å². The standard InChI is InChI=1S/C39H28Cl2FN3O8/c40-19-3-1-18(2-4-19)39-29(35(49)45(38(39)53)43-21-7-5-20(42)6-8-21)17-28-24(33(39)25-12-10-23(46)16-30(25)41)13-14-27-32(28)36(50)44(34(27)48)22-9-11-26(37(51)52)31(47)15-22/h1-13,15-16,27-29,32-33,43,46-47H,14,17H2,(H,51,52)/t27-,28+,29-,32-,33+,39+/m0/s1. The smallest absolute Gasteiger partial charge is 0.339 e. The molecule has 8 rings (SSSR count). The number of amides is 4. The highest BCUT2D eigenvalue weighted by molar-refractivity contribution is 6.32. The number of nitrogens with one attached hydrogen (secondary N) is 1. The number of hydrogen-bond acceptors (Lipinski definition) is 8. The van der Waals surface area contributed by atoms with Gasteiger partial charge in [-0.1, -0.05) is 53.1 Å². The van der Waals surface area contributed by atoms with E-state index in [2.05, 4.69) is 5.43 Å². The van der Waals surface area contributed by atoms with Gasteiger partial charge >= 0.3 is 5.97 Å². The van der Waals surface area contributed by atoms with E-state index in [0.717, 1.165) is 22.0 Å². The summed E-state index contributed by atoms with van der Waals surface area (Å²) in [6.45, 7) is 0. The summed E-state index contributed by atoms with van der Waals surface area (Å²) >= 11 is 13.2.